The van der Waals surface area contributed by atoms with E-state index < -0.39 is 0 Å². The molecule has 0 radical (unpaired) electrons. The van der Waals surface area contributed by atoms with Crippen molar-refractivity contribution in [2.45, 2.75) is 19.3 Å². The smallest absolute Gasteiger partial charge is 0.272 e. The van der Waals surface area contributed by atoms with Crippen molar-refractivity contribution in [1.82, 2.24) is 19.5 Å². The van der Waals surface area contributed by atoms with E-state index in [0.29, 0.717) is 30.9 Å². The van der Waals surface area contributed by atoms with E-state index in [4.69, 9.17) is 9.72 Å². The first-order valence-corrected chi connectivity index (χ1v) is 9.17. The van der Waals surface area contributed by atoms with Gasteiger partial charge < -0.3 is 9.64 Å². The number of amides is 1. The number of methoxy groups -OCH3 is 1. The molecule has 1 saturated heterocycles. The molecular formula is C21H22N4O3. The summed E-state index contributed by atoms with van der Waals surface area (Å²) in [7, 11) is 1.62. The second-order valence-corrected chi connectivity index (χ2v) is 7.01. The molecule has 1 fully saturated rings. The highest BCUT2D eigenvalue weighted by Gasteiger charge is 2.31. The molecule has 2 aromatic heterocycles. The van der Waals surface area contributed by atoms with Gasteiger partial charge in [-0.25, -0.2) is 9.50 Å². The Kier molecular flexibility index (Phi) is 4.50. The highest BCUT2D eigenvalue weighted by molar-refractivity contribution is 5.80. The van der Waals surface area contributed by atoms with Crippen molar-refractivity contribution in [1.29, 1.82) is 0 Å². The van der Waals surface area contributed by atoms with Gasteiger partial charge in [-0.15, -0.1) is 6.58 Å². The molecule has 3 aromatic rings. The second kappa shape index (κ2) is 6.99. The average molecular weight is 378 g/mol. The van der Waals surface area contributed by atoms with Crippen LogP contribution in [0.15, 0.2) is 47.8 Å². The lowest BCUT2D eigenvalue weighted by atomic mass is 10.0. The minimum atomic E-state index is -0.183. The Balaban J connectivity index is 1.75. The normalized spacial score (nSPS) is 16.7. The van der Waals surface area contributed by atoms with Crippen LogP contribution in [0.4, 0.5) is 0 Å². The van der Waals surface area contributed by atoms with Crippen molar-refractivity contribution in [2.24, 2.45) is 0 Å². The lowest BCUT2D eigenvalue weighted by Crippen LogP contribution is -2.25. The number of benzene rings is 1. The van der Waals surface area contributed by atoms with Crippen molar-refractivity contribution < 1.29 is 9.53 Å². The first kappa shape index (κ1) is 18.0. The van der Waals surface area contributed by atoms with Gasteiger partial charge in [-0.1, -0.05) is 6.08 Å². The molecule has 1 atom stereocenters. The number of aryl methyl sites for hydroxylation is 1. The van der Waals surface area contributed by atoms with E-state index in [2.05, 4.69) is 11.7 Å². The second-order valence-electron chi connectivity index (χ2n) is 7.01. The van der Waals surface area contributed by atoms with Gasteiger partial charge >= 0.3 is 0 Å². The van der Waals surface area contributed by atoms with Gasteiger partial charge in [-0.2, -0.15) is 0 Å². The maximum absolute atomic E-state index is 12.7. The van der Waals surface area contributed by atoms with Crippen LogP contribution in [0.1, 0.15) is 23.6 Å². The van der Waals surface area contributed by atoms with Crippen LogP contribution >= 0.6 is 0 Å². The zero-order valence-electron chi connectivity index (χ0n) is 15.9. The number of ether oxygens (including phenoxy) is 1. The fourth-order valence-corrected chi connectivity index (χ4v) is 3.72. The van der Waals surface area contributed by atoms with Crippen LogP contribution in [-0.2, 0) is 4.79 Å². The van der Waals surface area contributed by atoms with Gasteiger partial charge in [-0.05, 0) is 31.2 Å². The van der Waals surface area contributed by atoms with Crippen LogP contribution < -0.4 is 10.3 Å². The molecule has 4 rings (SSSR count). The molecule has 0 spiro atoms. The minimum absolute atomic E-state index is 0.0663. The third kappa shape index (κ3) is 2.98. The number of carbonyl (C=O) groups is 1. The Labute approximate surface area is 162 Å². The molecule has 1 unspecified atom stereocenters. The predicted molar refractivity (Wildman–Crippen MR) is 107 cm³/mol. The van der Waals surface area contributed by atoms with Crippen molar-refractivity contribution >= 4 is 11.6 Å². The first-order chi connectivity index (χ1) is 13.5. The number of hydrogen-bond donors (Lipinski definition) is 1. The van der Waals surface area contributed by atoms with E-state index in [9.17, 15) is 9.59 Å². The van der Waals surface area contributed by atoms with Crippen molar-refractivity contribution in [2.75, 3.05) is 20.2 Å². The molecule has 7 nitrogen and oxygen atoms in total. The molecular weight excluding hydrogens is 356 g/mol. The first-order valence-electron chi connectivity index (χ1n) is 9.17. The van der Waals surface area contributed by atoms with Gasteiger partial charge in [0.15, 0.2) is 5.65 Å². The summed E-state index contributed by atoms with van der Waals surface area (Å²) in [5.41, 5.74) is 3.73. The lowest BCUT2D eigenvalue weighted by Gasteiger charge is -2.13. The van der Waals surface area contributed by atoms with E-state index in [0.717, 1.165) is 22.6 Å². The zero-order chi connectivity index (χ0) is 19.8. The number of aromatic nitrogens is 3. The molecule has 144 valence electrons. The molecule has 1 aromatic carbocycles. The standard InChI is InChI=1S/C21H22N4O3/c1-4-9-24-12-15(10-18(24)26)17-11-19(27)25-21(22-17)13(2)20(23-25)14-5-7-16(28-3)8-6-14/h4-8,11,15,23H,1,9-10,12H2,2-3H3. The zero-order valence-corrected chi connectivity index (χ0v) is 15.9. The van der Waals surface area contributed by atoms with Gasteiger partial charge in [0, 0.05) is 42.6 Å². The van der Waals surface area contributed by atoms with E-state index in [1.165, 1.54) is 10.6 Å². The van der Waals surface area contributed by atoms with Gasteiger partial charge in [0.25, 0.3) is 5.56 Å². The Morgan fingerprint density at radius 1 is 1.32 bits per heavy atom. The highest BCUT2D eigenvalue weighted by atomic mass is 16.5. The molecule has 0 saturated carbocycles. The average Bonchev–Trinajstić information content (AvgIpc) is 3.23. The Morgan fingerprint density at radius 3 is 2.75 bits per heavy atom. The van der Waals surface area contributed by atoms with Gasteiger partial charge in [0.2, 0.25) is 5.91 Å². The maximum atomic E-state index is 12.7. The van der Waals surface area contributed by atoms with Crippen LogP contribution in [-0.4, -0.2) is 45.6 Å². The van der Waals surface area contributed by atoms with E-state index in [1.807, 2.05) is 31.2 Å². The van der Waals surface area contributed by atoms with E-state index in [1.54, 1.807) is 18.1 Å². The van der Waals surface area contributed by atoms with Crippen LogP contribution in [0, 0.1) is 6.92 Å². The lowest BCUT2D eigenvalue weighted by molar-refractivity contribution is -0.127. The van der Waals surface area contributed by atoms with Crippen LogP contribution in [0.25, 0.3) is 16.9 Å². The minimum Gasteiger partial charge on any atom is -0.497 e. The summed E-state index contributed by atoms with van der Waals surface area (Å²) in [5.74, 6) is 0.755. The molecule has 0 bridgehead atoms. The Bertz CT molecular complexity index is 1110. The van der Waals surface area contributed by atoms with E-state index >= 15 is 0 Å². The summed E-state index contributed by atoms with van der Waals surface area (Å²) < 4.78 is 6.66. The molecule has 0 aliphatic carbocycles. The summed E-state index contributed by atoms with van der Waals surface area (Å²) >= 11 is 0. The summed E-state index contributed by atoms with van der Waals surface area (Å²) in [6, 6.07) is 9.15. The summed E-state index contributed by atoms with van der Waals surface area (Å²) in [5, 5.41) is 3.15. The van der Waals surface area contributed by atoms with Crippen LogP contribution in [0.5, 0.6) is 5.75 Å². The number of nitrogens with zero attached hydrogens (tertiary/aromatic N) is 3. The quantitative estimate of drug-likeness (QED) is 0.692. The number of aromatic amines is 1. The maximum Gasteiger partial charge on any atom is 0.272 e. The number of likely N-dealkylation sites (tertiary alicyclic amines) is 1. The van der Waals surface area contributed by atoms with Gasteiger partial charge in [0.05, 0.1) is 18.5 Å². The van der Waals surface area contributed by atoms with Gasteiger partial charge in [0.1, 0.15) is 5.75 Å². The van der Waals surface area contributed by atoms with Crippen LogP contribution in [0.2, 0.25) is 0 Å². The van der Waals surface area contributed by atoms with Crippen molar-refractivity contribution in [3.63, 3.8) is 0 Å². The Hall–Kier alpha value is -3.35. The highest BCUT2D eigenvalue weighted by Crippen LogP contribution is 2.29. The largest absolute Gasteiger partial charge is 0.497 e. The predicted octanol–water partition coefficient (Wildman–Crippen LogP) is 2.51. The van der Waals surface area contributed by atoms with Crippen molar-refractivity contribution in [3.8, 4) is 17.0 Å². The summed E-state index contributed by atoms with van der Waals surface area (Å²) in [6.45, 7) is 6.70. The molecule has 3 heterocycles. The Morgan fingerprint density at radius 2 is 2.07 bits per heavy atom. The third-order valence-corrected chi connectivity index (χ3v) is 5.23. The number of H-pyrrole nitrogens is 1. The summed E-state index contributed by atoms with van der Waals surface area (Å²) in [4.78, 5) is 31.3. The topological polar surface area (TPSA) is 79.7 Å². The fraction of sp³-hybridized carbons (Fsp3) is 0.286. The number of fused-ring (bicyclic) bond motifs is 1. The number of rotatable bonds is 5. The monoisotopic (exact) mass is 378 g/mol. The van der Waals surface area contributed by atoms with E-state index in [-0.39, 0.29) is 17.4 Å². The van der Waals surface area contributed by atoms with Gasteiger partial charge in [-0.3, -0.25) is 14.7 Å². The molecule has 1 N–H and O–H groups in total. The number of hydrogen-bond acceptors (Lipinski definition) is 4. The fourth-order valence-electron chi connectivity index (χ4n) is 3.72. The van der Waals surface area contributed by atoms with Crippen LogP contribution in [0.3, 0.4) is 0 Å². The third-order valence-electron chi connectivity index (χ3n) is 5.23. The SMILES string of the molecule is C=CCN1CC(c2cc(=O)n3[nH]c(-c4ccc(OC)cc4)c(C)c3n2)CC1=O. The molecule has 7 heteroatoms. The molecule has 28 heavy (non-hydrogen) atoms. The number of nitrogens with one attached hydrogen (secondary N) is 1. The summed E-state index contributed by atoms with van der Waals surface area (Å²) in [6.07, 6.45) is 2.08. The molecule has 1 aliphatic heterocycles. The molecule has 1 amide bonds. The molecule has 1 aliphatic rings. The number of carbonyl (C=O) groups excluding carboxylic acids is 1. The van der Waals surface area contributed by atoms with Crippen molar-refractivity contribution in [3.05, 3.63) is 64.6 Å².